The molecule has 9 heteroatoms. The van der Waals surface area contributed by atoms with Crippen molar-refractivity contribution in [2.75, 3.05) is 7.11 Å². The van der Waals surface area contributed by atoms with E-state index >= 15 is 0 Å². The SMILES string of the molecule is CCC(=NOC)C(C)C1OC1CC(C)/C=C/C=C(\C)C1OC(=O)CC(O)CC(O)C(C)C(OC(C)=O)/C=C/C1C. The van der Waals surface area contributed by atoms with Crippen LogP contribution < -0.4 is 0 Å². The molecule has 9 nitrogen and oxygen atoms in total. The summed E-state index contributed by atoms with van der Waals surface area (Å²) in [5.74, 6) is -1.21. The predicted molar refractivity (Wildman–Crippen MR) is 153 cm³/mol. The van der Waals surface area contributed by atoms with Crippen molar-refractivity contribution in [3.63, 3.8) is 0 Å². The van der Waals surface area contributed by atoms with Crippen LogP contribution in [0.2, 0.25) is 0 Å². The molecule has 2 heterocycles. The number of ether oxygens (including phenoxy) is 3. The van der Waals surface area contributed by atoms with Gasteiger partial charge in [-0.05, 0) is 37.3 Å². The van der Waals surface area contributed by atoms with Crippen LogP contribution in [0.15, 0.2) is 41.1 Å². The lowest BCUT2D eigenvalue weighted by Gasteiger charge is -2.29. The molecular weight excluding hydrogens is 514 g/mol. The van der Waals surface area contributed by atoms with Crippen molar-refractivity contribution in [2.45, 2.75) is 111 Å². The highest BCUT2D eigenvalue weighted by Gasteiger charge is 2.44. The van der Waals surface area contributed by atoms with Gasteiger partial charge in [-0.3, -0.25) is 9.59 Å². The fourth-order valence-corrected chi connectivity index (χ4v) is 5.19. The summed E-state index contributed by atoms with van der Waals surface area (Å²) < 4.78 is 17.2. The van der Waals surface area contributed by atoms with Gasteiger partial charge in [0.15, 0.2) is 0 Å². The van der Waals surface area contributed by atoms with Gasteiger partial charge in [-0.15, -0.1) is 0 Å². The zero-order chi connectivity index (χ0) is 30.0. The first kappa shape index (κ1) is 33.7. The largest absolute Gasteiger partial charge is 0.458 e. The minimum absolute atomic E-state index is 0.0270. The molecule has 0 amide bonds. The predicted octanol–water partition coefficient (Wildman–Crippen LogP) is 4.52. The van der Waals surface area contributed by atoms with Crippen LogP contribution in [-0.4, -0.2) is 71.6 Å². The number of carbonyl (C=O) groups is 2. The fourth-order valence-electron chi connectivity index (χ4n) is 5.19. The first-order valence-electron chi connectivity index (χ1n) is 14.4. The van der Waals surface area contributed by atoms with E-state index in [2.05, 4.69) is 32.0 Å². The van der Waals surface area contributed by atoms with Crippen LogP contribution in [-0.2, 0) is 28.6 Å². The second-order valence-corrected chi connectivity index (χ2v) is 11.3. The van der Waals surface area contributed by atoms with E-state index in [-0.39, 0.29) is 42.8 Å². The number of esters is 2. The van der Waals surface area contributed by atoms with E-state index in [0.717, 1.165) is 24.1 Å². The topological polar surface area (TPSA) is 127 Å². The number of hydrogen-bond acceptors (Lipinski definition) is 9. The smallest absolute Gasteiger partial charge is 0.309 e. The third-order valence-electron chi connectivity index (χ3n) is 7.75. The van der Waals surface area contributed by atoms with Crippen LogP contribution >= 0.6 is 0 Å². The highest BCUT2D eigenvalue weighted by molar-refractivity contribution is 5.86. The van der Waals surface area contributed by atoms with Crippen molar-refractivity contribution < 1.29 is 38.9 Å². The molecule has 0 bridgehead atoms. The van der Waals surface area contributed by atoms with Crippen LogP contribution in [0.25, 0.3) is 0 Å². The standard InChI is InChI=1S/C31H49NO8/c1-9-25(32-37-8)21(5)31-28(39-31)15-18(2)11-10-12-19(3)30-20(4)13-14-27(38-23(7)33)22(6)26(35)16-24(34)17-29(36)40-30/h10-14,18,20-22,24,26-28,30-31,34-35H,9,15-17H2,1-8H3/b11-10+,14-13+,19-12+,32-25?. The van der Waals surface area contributed by atoms with E-state index in [0.29, 0.717) is 0 Å². The molecule has 1 saturated heterocycles. The maximum atomic E-state index is 12.6. The van der Waals surface area contributed by atoms with E-state index in [1.165, 1.54) is 6.92 Å². The molecule has 226 valence electrons. The zero-order valence-electron chi connectivity index (χ0n) is 25.3. The molecular formula is C31H49NO8. The number of carbonyl (C=O) groups excluding carboxylic acids is 2. The molecule has 2 aliphatic heterocycles. The Bertz CT molecular complexity index is 957. The monoisotopic (exact) mass is 563 g/mol. The fraction of sp³-hybridized carbons (Fsp3) is 0.710. The van der Waals surface area contributed by atoms with E-state index < -0.39 is 42.3 Å². The van der Waals surface area contributed by atoms with Crippen LogP contribution in [0.3, 0.4) is 0 Å². The Hall–Kier alpha value is -2.49. The maximum Gasteiger partial charge on any atom is 0.309 e. The van der Waals surface area contributed by atoms with Crippen LogP contribution in [0.5, 0.6) is 0 Å². The summed E-state index contributed by atoms with van der Waals surface area (Å²) in [6.07, 6.45) is 8.11. The molecule has 10 unspecified atom stereocenters. The summed E-state index contributed by atoms with van der Waals surface area (Å²) in [6, 6.07) is 0. The van der Waals surface area contributed by atoms with Gasteiger partial charge in [0.05, 0.1) is 36.5 Å². The van der Waals surface area contributed by atoms with Gasteiger partial charge in [0.25, 0.3) is 0 Å². The van der Waals surface area contributed by atoms with Crippen molar-refractivity contribution in [2.24, 2.45) is 28.8 Å². The molecule has 2 aliphatic rings. The molecule has 40 heavy (non-hydrogen) atoms. The first-order valence-corrected chi connectivity index (χ1v) is 14.4. The summed E-state index contributed by atoms with van der Waals surface area (Å²) in [5.41, 5.74) is 1.85. The number of allylic oxidation sites excluding steroid dienone is 3. The van der Waals surface area contributed by atoms with Gasteiger partial charge < -0.3 is 29.3 Å². The van der Waals surface area contributed by atoms with Gasteiger partial charge in [0.1, 0.15) is 19.3 Å². The number of rotatable bonds is 10. The number of oxime groups is 1. The number of aliphatic hydroxyl groups excluding tert-OH is 2. The first-order chi connectivity index (χ1) is 18.9. The van der Waals surface area contributed by atoms with E-state index in [1.54, 1.807) is 20.1 Å². The lowest BCUT2D eigenvalue weighted by atomic mass is 9.90. The van der Waals surface area contributed by atoms with Gasteiger partial charge in [-0.2, -0.15) is 0 Å². The van der Waals surface area contributed by atoms with Gasteiger partial charge >= 0.3 is 11.9 Å². The number of hydrogen-bond donors (Lipinski definition) is 2. The molecule has 2 N–H and O–H groups in total. The van der Waals surface area contributed by atoms with Crippen LogP contribution in [0, 0.1) is 23.7 Å². The molecule has 0 spiro atoms. The Morgan fingerprint density at radius 2 is 1.93 bits per heavy atom. The molecule has 0 aromatic rings. The highest BCUT2D eigenvalue weighted by Crippen LogP contribution is 2.35. The Labute approximate surface area is 239 Å². The van der Waals surface area contributed by atoms with Gasteiger partial charge in [-0.1, -0.05) is 64.1 Å². The number of epoxide rings is 1. The summed E-state index contributed by atoms with van der Waals surface area (Å²) >= 11 is 0. The van der Waals surface area contributed by atoms with E-state index in [1.807, 2.05) is 32.1 Å². The molecule has 1 fully saturated rings. The van der Waals surface area contributed by atoms with E-state index in [9.17, 15) is 19.8 Å². The van der Waals surface area contributed by atoms with Crippen molar-refractivity contribution in [1.82, 2.24) is 0 Å². The van der Waals surface area contributed by atoms with Crippen LogP contribution in [0.1, 0.15) is 74.1 Å². The zero-order valence-corrected chi connectivity index (χ0v) is 25.3. The third-order valence-corrected chi connectivity index (χ3v) is 7.75. The average Bonchev–Trinajstić information content (AvgIpc) is 3.64. The van der Waals surface area contributed by atoms with Crippen molar-refractivity contribution in [3.05, 3.63) is 36.0 Å². The Morgan fingerprint density at radius 1 is 1.23 bits per heavy atom. The minimum atomic E-state index is -1.07. The summed E-state index contributed by atoms with van der Waals surface area (Å²) in [5, 5.41) is 25.0. The molecule has 2 rings (SSSR count). The molecule has 0 aliphatic carbocycles. The Balaban J connectivity index is 2.11. The Kier molecular flexibility index (Phi) is 13.6. The van der Waals surface area contributed by atoms with Gasteiger partial charge in [-0.25, -0.2) is 0 Å². The third kappa shape index (κ3) is 10.5. The van der Waals surface area contributed by atoms with Crippen molar-refractivity contribution in [3.8, 4) is 0 Å². The molecule has 10 atom stereocenters. The van der Waals surface area contributed by atoms with Gasteiger partial charge in [0, 0.05) is 31.1 Å². The molecule has 0 aromatic heterocycles. The molecule has 0 saturated carbocycles. The van der Waals surface area contributed by atoms with Crippen LogP contribution in [0.4, 0.5) is 0 Å². The Morgan fingerprint density at radius 3 is 2.55 bits per heavy atom. The normalized spacial score (nSPS) is 34.7. The lowest BCUT2D eigenvalue weighted by Crippen LogP contribution is -2.36. The highest BCUT2D eigenvalue weighted by atomic mass is 16.6. The maximum absolute atomic E-state index is 12.6. The summed E-state index contributed by atoms with van der Waals surface area (Å²) in [6.45, 7) is 13.2. The second-order valence-electron chi connectivity index (χ2n) is 11.3. The van der Waals surface area contributed by atoms with Crippen molar-refractivity contribution >= 4 is 17.7 Å². The number of cyclic esters (lactones) is 1. The quantitative estimate of drug-likeness (QED) is 0.0992. The summed E-state index contributed by atoms with van der Waals surface area (Å²) in [4.78, 5) is 29.3. The van der Waals surface area contributed by atoms with Crippen molar-refractivity contribution in [1.29, 1.82) is 0 Å². The number of aliphatic hydroxyl groups is 2. The number of nitrogens with zero attached hydrogens (tertiary/aromatic N) is 1. The van der Waals surface area contributed by atoms with Gasteiger partial charge in [0.2, 0.25) is 0 Å². The molecule has 0 aromatic carbocycles. The second kappa shape index (κ2) is 16.1. The minimum Gasteiger partial charge on any atom is -0.458 e. The molecule has 0 radical (unpaired) electrons. The summed E-state index contributed by atoms with van der Waals surface area (Å²) in [7, 11) is 1.56. The van der Waals surface area contributed by atoms with E-state index in [4.69, 9.17) is 19.0 Å². The lowest BCUT2D eigenvalue weighted by molar-refractivity contribution is -0.151. The average molecular weight is 564 g/mol.